The maximum Gasteiger partial charge on any atom is 0.348 e. The molecule has 1 N–H and O–H groups in total. The molecule has 1 aromatic carbocycles. The van der Waals surface area contributed by atoms with Crippen LogP contribution in [0.5, 0.6) is 0 Å². The van der Waals surface area contributed by atoms with Crippen LogP contribution in [0.3, 0.4) is 0 Å². The van der Waals surface area contributed by atoms with Gasteiger partial charge in [-0.2, -0.15) is 4.31 Å². The van der Waals surface area contributed by atoms with Crippen molar-refractivity contribution in [3.63, 3.8) is 0 Å². The van der Waals surface area contributed by atoms with Gasteiger partial charge >= 0.3 is 5.97 Å². The summed E-state index contributed by atoms with van der Waals surface area (Å²) in [6, 6.07) is 14.6. The Morgan fingerprint density at radius 3 is 2.33 bits per heavy atom. The second kappa shape index (κ2) is 13.2. The quantitative estimate of drug-likeness (QED) is 0.361. The number of sulfonamides is 1. The standard InChI is InChI=1S/C33H41N5O5S2/c1-23(2)35-15-17-36(18-16-35)30-14-13-26(20-34-30)45(42,43)37-21-28(24-9-5-3-6-10-24)38(31(39)22-37)27-19-29(44-32(27)33(40)41)25-11-7-4-8-12-25/h4,7-8,11-14,19-20,23-24,28H,3,5-6,9-10,15-18,21-22H2,1-2H3,(H,40,41)/t28-/m0/s1. The molecule has 0 unspecified atom stereocenters. The first-order valence-corrected chi connectivity index (χ1v) is 18.1. The minimum Gasteiger partial charge on any atom is -0.477 e. The van der Waals surface area contributed by atoms with Crippen molar-refractivity contribution in [1.29, 1.82) is 0 Å². The average molecular weight is 652 g/mol. The molecule has 4 heterocycles. The number of anilines is 2. The fraction of sp³-hybridized carbons (Fsp3) is 0.485. The number of hydrogen-bond acceptors (Lipinski definition) is 8. The third kappa shape index (κ3) is 6.51. The first-order chi connectivity index (χ1) is 21.6. The number of benzene rings is 1. The second-order valence-corrected chi connectivity index (χ2v) is 15.5. The second-order valence-electron chi connectivity index (χ2n) is 12.5. The molecule has 1 amide bonds. The number of thiophene rings is 1. The van der Waals surface area contributed by atoms with Crippen molar-refractivity contribution >= 4 is 44.7 Å². The number of carboxylic acids is 1. The Labute approximate surface area is 269 Å². The first kappa shape index (κ1) is 31.7. The van der Waals surface area contributed by atoms with Gasteiger partial charge in [-0.1, -0.05) is 49.6 Å². The van der Waals surface area contributed by atoms with Gasteiger partial charge in [-0.05, 0) is 56.4 Å². The molecule has 240 valence electrons. The minimum atomic E-state index is -4.02. The van der Waals surface area contributed by atoms with Crippen molar-refractivity contribution in [2.24, 2.45) is 5.92 Å². The lowest BCUT2D eigenvalue weighted by atomic mass is 9.82. The van der Waals surface area contributed by atoms with Gasteiger partial charge in [0.2, 0.25) is 15.9 Å². The van der Waals surface area contributed by atoms with Crippen LogP contribution in [-0.4, -0.2) is 90.9 Å². The van der Waals surface area contributed by atoms with Gasteiger partial charge in [0.15, 0.2) is 0 Å². The lowest BCUT2D eigenvalue weighted by molar-refractivity contribution is -0.121. The van der Waals surface area contributed by atoms with E-state index < -0.39 is 27.9 Å². The molecule has 0 bridgehead atoms. The molecule has 3 aromatic rings. The molecule has 2 aromatic heterocycles. The highest BCUT2D eigenvalue weighted by atomic mass is 32.2. The third-order valence-electron chi connectivity index (χ3n) is 9.45. The van der Waals surface area contributed by atoms with Gasteiger partial charge in [0.25, 0.3) is 0 Å². The van der Waals surface area contributed by atoms with Crippen molar-refractivity contribution in [2.45, 2.75) is 62.9 Å². The van der Waals surface area contributed by atoms with Crippen LogP contribution in [0.4, 0.5) is 11.5 Å². The van der Waals surface area contributed by atoms with Crippen molar-refractivity contribution in [3.05, 3.63) is 59.6 Å². The highest BCUT2D eigenvalue weighted by Gasteiger charge is 2.44. The number of aromatic carboxylic acids is 1. The topological polar surface area (TPSA) is 114 Å². The molecule has 6 rings (SSSR count). The molecule has 2 aliphatic heterocycles. The van der Waals surface area contributed by atoms with Crippen molar-refractivity contribution < 1.29 is 23.1 Å². The van der Waals surface area contributed by atoms with Gasteiger partial charge in [-0.15, -0.1) is 11.3 Å². The average Bonchev–Trinajstić information content (AvgIpc) is 3.51. The number of rotatable bonds is 8. The monoisotopic (exact) mass is 651 g/mol. The van der Waals surface area contributed by atoms with Gasteiger partial charge in [-0.25, -0.2) is 18.2 Å². The molecule has 1 aliphatic carbocycles. The number of amides is 1. The maximum atomic E-state index is 14.0. The summed E-state index contributed by atoms with van der Waals surface area (Å²) in [7, 11) is -4.02. The van der Waals surface area contributed by atoms with E-state index in [2.05, 4.69) is 28.6 Å². The smallest absolute Gasteiger partial charge is 0.348 e. The van der Waals surface area contributed by atoms with Crippen molar-refractivity contribution in [3.8, 4) is 10.4 Å². The van der Waals surface area contributed by atoms with Gasteiger partial charge < -0.3 is 14.9 Å². The summed E-state index contributed by atoms with van der Waals surface area (Å²) in [6.45, 7) is 7.61. The predicted octanol–water partition coefficient (Wildman–Crippen LogP) is 5.03. The lowest BCUT2D eigenvalue weighted by Gasteiger charge is -2.44. The molecule has 1 atom stereocenters. The summed E-state index contributed by atoms with van der Waals surface area (Å²) in [5.74, 6) is -0.703. The Balaban J connectivity index is 1.28. The molecule has 2 saturated heterocycles. The van der Waals surface area contributed by atoms with Crippen LogP contribution in [0.25, 0.3) is 10.4 Å². The Hall–Kier alpha value is -3.32. The van der Waals surface area contributed by atoms with Crippen LogP contribution in [-0.2, 0) is 14.8 Å². The number of pyridine rings is 1. The Morgan fingerprint density at radius 1 is 1.00 bits per heavy atom. The molecule has 45 heavy (non-hydrogen) atoms. The molecule has 3 fully saturated rings. The summed E-state index contributed by atoms with van der Waals surface area (Å²) in [6.07, 6.45) is 6.22. The van der Waals surface area contributed by atoms with Crippen LogP contribution in [0.1, 0.15) is 55.6 Å². The molecule has 0 spiro atoms. The van der Waals surface area contributed by atoms with E-state index in [1.165, 1.54) is 10.5 Å². The van der Waals surface area contributed by atoms with Crippen LogP contribution in [0.2, 0.25) is 0 Å². The zero-order chi connectivity index (χ0) is 31.7. The minimum absolute atomic E-state index is 0.0591. The van der Waals surface area contributed by atoms with Crippen LogP contribution in [0.15, 0.2) is 59.6 Å². The molecular formula is C33H41N5O5S2. The fourth-order valence-corrected chi connectivity index (χ4v) is 9.28. The number of aromatic nitrogens is 1. The largest absolute Gasteiger partial charge is 0.477 e. The zero-order valence-corrected chi connectivity index (χ0v) is 27.5. The number of carbonyl (C=O) groups excluding carboxylic acids is 1. The molecule has 0 radical (unpaired) electrons. The number of nitrogens with zero attached hydrogens (tertiary/aromatic N) is 5. The van der Waals surface area contributed by atoms with E-state index in [4.69, 9.17) is 0 Å². The summed E-state index contributed by atoms with van der Waals surface area (Å²) in [4.78, 5) is 38.1. The van der Waals surface area contributed by atoms with Crippen LogP contribution >= 0.6 is 11.3 Å². The SMILES string of the molecule is CC(C)N1CCN(c2ccc(S(=O)(=O)N3CC(=O)N(c4cc(-c5ccccc5)sc4C(=O)O)[C@H](C4CCCCC4)C3)cn2)CC1. The Morgan fingerprint density at radius 2 is 1.71 bits per heavy atom. The molecule has 1 saturated carbocycles. The summed E-state index contributed by atoms with van der Waals surface area (Å²) in [5, 5.41) is 10.2. The van der Waals surface area contributed by atoms with E-state index in [-0.39, 0.29) is 28.8 Å². The predicted molar refractivity (Wildman–Crippen MR) is 176 cm³/mol. The molecule has 12 heteroatoms. The number of carbonyl (C=O) groups is 2. The Bertz CT molecular complexity index is 1610. The fourth-order valence-electron chi connectivity index (χ4n) is 6.93. The summed E-state index contributed by atoms with van der Waals surface area (Å²) in [5.41, 5.74) is 1.23. The van der Waals surface area contributed by atoms with E-state index in [0.29, 0.717) is 11.7 Å². The van der Waals surface area contributed by atoms with Crippen LogP contribution < -0.4 is 9.80 Å². The normalized spacial score (nSPS) is 21.0. The van der Waals surface area contributed by atoms with Gasteiger partial charge in [0, 0.05) is 49.8 Å². The van der Waals surface area contributed by atoms with Crippen molar-refractivity contribution in [1.82, 2.24) is 14.2 Å². The molecule has 3 aliphatic rings. The number of piperazine rings is 2. The lowest BCUT2D eigenvalue weighted by Crippen LogP contribution is -2.60. The van der Waals surface area contributed by atoms with Gasteiger partial charge in [0.05, 0.1) is 18.3 Å². The van der Waals surface area contributed by atoms with E-state index in [1.807, 2.05) is 30.3 Å². The van der Waals surface area contributed by atoms with E-state index >= 15 is 0 Å². The van der Waals surface area contributed by atoms with Crippen molar-refractivity contribution in [2.75, 3.05) is 49.1 Å². The van der Waals surface area contributed by atoms with Gasteiger partial charge in [-0.3, -0.25) is 9.69 Å². The molecular weight excluding hydrogens is 611 g/mol. The Kier molecular flexibility index (Phi) is 9.28. The molecule has 10 nitrogen and oxygen atoms in total. The summed E-state index contributed by atoms with van der Waals surface area (Å²) >= 11 is 1.14. The summed E-state index contributed by atoms with van der Waals surface area (Å²) < 4.78 is 29.2. The zero-order valence-electron chi connectivity index (χ0n) is 25.8. The third-order valence-corrected chi connectivity index (χ3v) is 12.4. The number of carboxylic acid groups (broad SMARTS) is 1. The van der Waals surface area contributed by atoms with E-state index in [1.54, 1.807) is 23.1 Å². The number of hydrogen-bond donors (Lipinski definition) is 1. The highest BCUT2D eigenvalue weighted by Crippen LogP contribution is 2.42. The maximum absolute atomic E-state index is 14.0. The highest BCUT2D eigenvalue weighted by molar-refractivity contribution is 7.89. The van der Waals surface area contributed by atoms with Gasteiger partial charge in [0.1, 0.15) is 15.6 Å². The first-order valence-electron chi connectivity index (χ1n) is 15.8. The van der Waals surface area contributed by atoms with Crippen LogP contribution in [0, 0.1) is 5.92 Å². The van der Waals surface area contributed by atoms with E-state index in [0.717, 1.165) is 85.9 Å². The van der Waals surface area contributed by atoms with E-state index in [9.17, 15) is 23.1 Å².